The molecule has 136 valence electrons. The van der Waals surface area contributed by atoms with Gasteiger partial charge in [-0.1, -0.05) is 31.2 Å². The van der Waals surface area contributed by atoms with E-state index in [1.54, 1.807) is 19.2 Å². The number of alkyl halides is 1. The maximum absolute atomic E-state index is 12.7. The average Bonchev–Trinajstić information content (AvgIpc) is 2.65. The number of hydrogen-bond donors (Lipinski definition) is 1. The van der Waals surface area contributed by atoms with Crippen molar-refractivity contribution in [3.8, 4) is 5.75 Å². The summed E-state index contributed by atoms with van der Waals surface area (Å²) >= 11 is 5.69. The molecule has 6 heteroatoms. The molecule has 1 unspecified atom stereocenters. The Morgan fingerprint density at radius 1 is 1.08 bits per heavy atom. The van der Waals surface area contributed by atoms with Crippen molar-refractivity contribution in [2.24, 2.45) is 0 Å². The fourth-order valence-corrected chi connectivity index (χ4v) is 4.03. The molecule has 0 radical (unpaired) electrons. The first-order valence-corrected chi connectivity index (χ1v) is 10.3. The van der Waals surface area contributed by atoms with Crippen LogP contribution in [-0.2, 0) is 16.4 Å². The molecule has 0 aromatic heterocycles. The Hall–Kier alpha value is -1.56. The number of halogens is 1. The zero-order valence-electron chi connectivity index (χ0n) is 14.5. The largest absolute Gasteiger partial charge is 0.497 e. The molecule has 2 rings (SSSR count). The van der Waals surface area contributed by atoms with E-state index in [1.807, 2.05) is 43.3 Å². The normalized spacial score (nSPS) is 12.8. The second kappa shape index (κ2) is 9.22. The lowest BCUT2D eigenvalue weighted by Gasteiger charge is -2.18. The van der Waals surface area contributed by atoms with Crippen molar-refractivity contribution in [1.29, 1.82) is 0 Å². The second-order valence-corrected chi connectivity index (χ2v) is 7.88. The van der Waals surface area contributed by atoms with Crippen LogP contribution in [0.5, 0.6) is 5.75 Å². The van der Waals surface area contributed by atoms with Crippen molar-refractivity contribution in [2.45, 2.75) is 37.1 Å². The summed E-state index contributed by atoms with van der Waals surface area (Å²) in [5.74, 6) is 1.34. The monoisotopic (exact) mass is 381 g/mol. The van der Waals surface area contributed by atoms with Gasteiger partial charge in [0.1, 0.15) is 5.75 Å². The Morgan fingerprint density at radius 3 is 2.24 bits per heavy atom. The van der Waals surface area contributed by atoms with Crippen LogP contribution in [0.15, 0.2) is 53.4 Å². The standard InChI is InChI=1S/C19H24ClNO3S/c1-3-19(16-8-10-17(24-2)11-9-16)21-25(22,23)18-12-6-15(7-13-18)5-4-14-20/h6-13,19,21H,3-5,14H2,1-2H3. The van der Waals surface area contributed by atoms with E-state index in [1.165, 1.54) is 0 Å². The summed E-state index contributed by atoms with van der Waals surface area (Å²) in [6.07, 6.45) is 2.38. The zero-order valence-corrected chi connectivity index (χ0v) is 16.1. The molecule has 1 atom stereocenters. The molecular weight excluding hydrogens is 358 g/mol. The number of rotatable bonds is 9. The predicted octanol–water partition coefficient (Wildman–Crippen LogP) is 4.30. The van der Waals surface area contributed by atoms with Crippen molar-refractivity contribution in [1.82, 2.24) is 4.72 Å². The molecule has 0 bridgehead atoms. The molecule has 0 fully saturated rings. The number of aryl methyl sites for hydroxylation is 1. The fraction of sp³-hybridized carbons (Fsp3) is 0.368. The summed E-state index contributed by atoms with van der Waals surface area (Å²) in [6, 6.07) is 14.1. The lowest BCUT2D eigenvalue weighted by atomic mass is 10.1. The van der Waals surface area contributed by atoms with E-state index in [-0.39, 0.29) is 10.9 Å². The van der Waals surface area contributed by atoms with Crippen LogP contribution in [0.3, 0.4) is 0 Å². The summed E-state index contributed by atoms with van der Waals surface area (Å²) in [6.45, 7) is 1.95. The minimum atomic E-state index is -3.58. The van der Waals surface area contributed by atoms with E-state index in [2.05, 4.69) is 4.72 Å². The van der Waals surface area contributed by atoms with Gasteiger partial charge >= 0.3 is 0 Å². The van der Waals surface area contributed by atoms with E-state index >= 15 is 0 Å². The summed E-state index contributed by atoms with van der Waals surface area (Å²) in [5, 5.41) is 0. The van der Waals surface area contributed by atoms with Crippen LogP contribution in [0.2, 0.25) is 0 Å². The van der Waals surface area contributed by atoms with Crippen LogP contribution in [-0.4, -0.2) is 21.4 Å². The third-order valence-corrected chi connectivity index (χ3v) is 5.81. The molecule has 2 aromatic carbocycles. The minimum Gasteiger partial charge on any atom is -0.497 e. The van der Waals surface area contributed by atoms with E-state index in [4.69, 9.17) is 16.3 Å². The molecule has 0 saturated heterocycles. The average molecular weight is 382 g/mol. The van der Waals surface area contributed by atoms with E-state index in [0.717, 1.165) is 29.7 Å². The number of hydrogen-bond acceptors (Lipinski definition) is 3. The summed E-state index contributed by atoms with van der Waals surface area (Å²) < 4.78 is 33.3. The van der Waals surface area contributed by atoms with Crippen molar-refractivity contribution >= 4 is 21.6 Å². The summed E-state index contributed by atoms with van der Waals surface area (Å²) in [5.41, 5.74) is 1.99. The Kier molecular flexibility index (Phi) is 7.29. The molecule has 1 N–H and O–H groups in total. The Bertz CT molecular complexity index is 758. The molecule has 0 heterocycles. The Labute approximate surface area is 155 Å². The smallest absolute Gasteiger partial charge is 0.241 e. The molecule has 0 saturated carbocycles. The van der Waals surface area contributed by atoms with Gasteiger partial charge in [-0.15, -0.1) is 11.6 Å². The highest BCUT2D eigenvalue weighted by Gasteiger charge is 2.20. The van der Waals surface area contributed by atoms with Crippen LogP contribution < -0.4 is 9.46 Å². The fourth-order valence-electron chi connectivity index (χ4n) is 2.58. The molecule has 0 aliphatic heterocycles. The van der Waals surface area contributed by atoms with E-state index in [9.17, 15) is 8.42 Å². The maximum Gasteiger partial charge on any atom is 0.241 e. The number of sulfonamides is 1. The van der Waals surface area contributed by atoms with Crippen LogP contribution in [0.25, 0.3) is 0 Å². The third kappa shape index (κ3) is 5.46. The van der Waals surface area contributed by atoms with Gasteiger partial charge in [-0.05, 0) is 54.7 Å². The molecule has 0 aliphatic rings. The predicted molar refractivity (Wildman–Crippen MR) is 102 cm³/mol. The second-order valence-electron chi connectivity index (χ2n) is 5.79. The van der Waals surface area contributed by atoms with Gasteiger partial charge in [-0.2, -0.15) is 0 Å². The molecule has 0 amide bonds. The van der Waals surface area contributed by atoms with E-state index in [0.29, 0.717) is 12.3 Å². The van der Waals surface area contributed by atoms with Gasteiger partial charge in [-0.3, -0.25) is 0 Å². The van der Waals surface area contributed by atoms with Crippen LogP contribution in [0, 0.1) is 0 Å². The van der Waals surface area contributed by atoms with Gasteiger partial charge in [0, 0.05) is 11.9 Å². The quantitative estimate of drug-likeness (QED) is 0.659. The van der Waals surface area contributed by atoms with Crippen molar-refractivity contribution in [3.05, 3.63) is 59.7 Å². The molecule has 0 spiro atoms. The third-order valence-electron chi connectivity index (χ3n) is 4.06. The zero-order chi connectivity index (χ0) is 18.3. The molecule has 2 aromatic rings. The first-order valence-electron chi connectivity index (χ1n) is 8.31. The van der Waals surface area contributed by atoms with Crippen LogP contribution in [0.1, 0.15) is 36.9 Å². The van der Waals surface area contributed by atoms with Crippen LogP contribution in [0.4, 0.5) is 0 Å². The van der Waals surface area contributed by atoms with Gasteiger partial charge in [0.25, 0.3) is 0 Å². The lowest BCUT2D eigenvalue weighted by Crippen LogP contribution is -2.28. The van der Waals surface area contributed by atoms with Gasteiger partial charge in [0.2, 0.25) is 10.0 Å². The number of ether oxygens (including phenoxy) is 1. The lowest BCUT2D eigenvalue weighted by molar-refractivity contribution is 0.414. The molecule has 4 nitrogen and oxygen atoms in total. The first-order chi connectivity index (χ1) is 12.0. The number of benzene rings is 2. The maximum atomic E-state index is 12.7. The Morgan fingerprint density at radius 2 is 1.72 bits per heavy atom. The van der Waals surface area contributed by atoms with Crippen LogP contribution >= 0.6 is 11.6 Å². The molecular formula is C19H24ClNO3S. The molecule has 25 heavy (non-hydrogen) atoms. The summed E-state index contributed by atoms with van der Waals surface area (Å²) in [7, 11) is -1.98. The van der Waals surface area contributed by atoms with E-state index < -0.39 is 10.0 Å². The van der Waals surface area contributed by atoms with Gasteiger partial charge < -0.3 is 4.74 Å². The highest BCUT2D eigenvalue weighted by atomic mass is 35.5. The topological polar surface area (TPSA) is 55.4 Å². The number of nitrogens with one attached hydrogen (secondary N) is 1. The van der Waals surface area contributed by atoms with Crippen molar-refractivity contribution in [2.75, 3.05) is 13.0 Å². The highest BCUT2D eigenvalue weighted by Crippen LogP contribution is 2.23. The summed E-state index contributed by atoms with van der Waals surface area (Å²) in [4.78, 5) is 0.272. The molecule has 0 aliphatic carbocycles. The Balaban J connectivity index is 2.14. The van der Waals surface area contributed by atoms with Crippen molar-refractivity contribution < 1.29 is 13.2 Å². The SMILES string of the molecule is CCC(NS(=O)(=O)c1ccc(CCCCl)cc1)c1ccc(OC)cc1. The van der Waals surface area contributed by atoms with Crippen molar-refractivity contribution in [3.63, 3.8) is 0 Å². The van der Waals surface area contributed by atoms with Gasteiger partial charge in [0.15, 0.2) is 0 Å². The van der Waals surface area contributed by atoms with Gasteiger partial charge in [0.05, 0.1) is 12.0 Å². The minimum absolute atomic E-state index is 0.272. The first kappa shape index (κ1) is 19.8. The van der Waals surface area contributed by atoms with Gasteiger partial charge in [-0.25, -0.2) is 13.1 Å². The number of methoxy groups -OCH3 is 1. The highest BCUT2D eigenvalue weighted by molar-refractivity contribution is 7.89.